The normalized spacial score (nSPS) is 27.3. The van der Waals surface area contributed by atoms with Crippen LogP contribution in [0.2, 0.25) is 0 Å². The molecular formula is C18H25N3O5S. The second kappa shape index (κ2) is 7.05. The first-order chi connectivity index (χ1) is 13.0. The van der Waals surface area contributed by atoms with Crippen LogP contribution in [0.5, 0.6) is 0 Å². The number of rotatable bonds is 3. The molecule has 3 aliphatic heterocycles. The minimum absolute atomic E-state index is 0.0383. The largest absolute Gasteiger partial charge is 0.383 e. The summed E-state index contributed by atoms with van der Waals surface area (Å²) in [6.07, 6.45) is 0.586. The van der Waals surface area contributed by atoms with Gasteiger partial charge in [-0.05, 0) is 18.1 Å². The molecule has 0 N–H and O–H groups in total. The van der Waals surface area contributed by atoms with E-state index >= 15 is 0 Å². The Morgan fingerprint density at radius 3 is 2.67 bits per heavy atom. The lowest BCUT2D eigenvalue weighted by atomic mass is 9.89. The first-order valence-corrected chi connectivity index (χ1v) is 10.7. The van der Waals surface area contributed by atoms with Gasteiger partial charge in [0.1, 0.15) is 0 Å². The molecule has 1 atom stereocenters. The zero-order valence-electron chi connectivity index (χ0n) is 15.5. The second-order valence-electron chi connectivity index (χ2n) is 7.15. The number of morpholine rings is 1. The average molecular weight is 395 g/mol. The van der Waals surface area contributed by atoms with Gasteiger partial charge in [-0.2, -0.15) is 4.31 Å². The molecule has 0 aliphatic carbocycles. The van der Waals surface area contributed by atoms with Crippen LogP contribution in [0, 0.1) is 0 Å². The summed E-state index contributed by atoms with van der Waals surface area (Å²) in [4.78, 5) is 16.9. The van der Waals surface area contributed by atoms with Gasteiger partial charge in [-0.1, -0.05) is 18.2 Å². The molecule has 2 fully saturated rings. The van der Waals surface area contributed by atoms with Crippen molar-refractivity contribution in [2.75, 3.05) is 59.7 Å². The first kappa shape index (κ1) is 18.7. The highest BCUT2D eigenvalue weighted by atomic mass is 32.2. The van der Waals surface area contributed by atoms with Crippen molar-refractivity contribution in [3.05, 3.63) is 29.8 Å². The Balaban J connectivity index is 1.66. The highest BCUT2D eigenvalue weighted by molar-refractivity contribution is 7.89. The van der Waals surface area contributed by atoms with Crippen LogP contribution < -0.4 is 0 Å². The third-order valence-corrected chi connectivity index (χ3v) is 7.76. The third-order valence-electron chi connectivity index (χ3n) is 5.73. The number of likely N-dealkylation sites (tertiary alicyclic amines) is 1. The number of amides is 2. The monoisotopic (exact) mass is 395 g/mol. The molecule has 1 unspecified atom stereocenters. The van der Waals surface area contributed by atoms with Crippen LogP contribution in [0.1, 0.15) is 12.0 Å². The molecule has 3 heterocycles. The van der Waals surface area contributed by atoms with E-state index in [9.17, 15) is 13.2 Å². The van der Waals surface area contributed by atoms with Gasteiger partial charge in [-0.3, -0.25) is 0 Å². The molecule has 8 nitrogen and oxygen atoms in total. The maximum absolute atomic E-state index is 13.2. The van der Waals surface area contributed by atoms with Crippen LogP contribution in [-0.2, 0) is 25.0 Å². The molecule has 1 aromatic rings. The zero-order chi connectivity index (χ0) is 19.1. The van der Waals surface area contributed by atoms with Crippen molar-refractivity contribution in [3.63, 3.8) is 0 Å². The maximum atomic E-state index is 13.2. The minimum Gasteiger partial charge on any atom is -0.383 e. The predicted octanol–water partition coefficient (Wildman–Crippen LogP) is 0.691. The third kappa shape index (κ3) is 2.93. The number of carbonyl (C=O) groups is 1. The summed E-state index contributed by atoms with van der Waals surface area (Å²) in [5.74, 6) is 0. The van der Waals surface area contributed by atoms with E-state index in [0.29, 0.717) is 57.3 Å². The number of hydrogen-bond donors (Lipinski definition) is 0. The minimum atomic E-state index is -3.60. The molecule has 148 valence electrons. The van der Waals surface area contributed by atoms with Crippen molar-refractivity contribution in [1.82, 2.24) is 14.1 Å². The van der Waals surface area contributed by atoms with E-state index in [0.717, 1.165) is 5.56 Å². The van der Waals surface area contributed by atoms with E-state index in [-0.39, 0.29) is 12.6 Å². The molecule has 0 radical (unpaired) electrons. The van der Waals surface area contributed by atoms with Gasteiger partial charge in [0.15, 0.2) is 0 Å². The number of hydrogen-bond acceptors (Lipinski definition) is 5. The fraction of sp³-hybridized carbons (Fsp3) is 0.611. The Morgan fingerprint density at radius 2 is 1.93 bits per heavy atom. The Labute approximate surface area is 159 Å². The van der Waals surface area contributed by atoms with E-state index < -0.39 is 15.6 Å². The van der Waals surface area contributed by atoms with Crippen LogP contribution in [-0.4, -0.2) is 88.2 Å². The molecule has 9 heteroatoms. The van der Waals surface area contributed by atoms with E-state index in [1.54, 1.807) is 33.3 Å². The summed E-state index contributed by atoms with van der Waals surface area (Å²) in [7, 11) is -2.04. The van der Waals surface area contributed by atoms with Gasteiger partial charge < -0.3 is 19.3 Å². The molecule has 27 heavy (non-hydrogen) atoms. The molecule has 2 amide bonds. The first-order valence-electron chi connectivity index (χ1n) is 9.23. The summed E-state index contributed by atoms with van der Waals surface area (Å²) in [6.45, 7) is 3.71. The maximum Gasteiger partial charge on any atom is 0.320 e. The zero-order valence-corrected chi connectivity index (χ0v) is 16.3. The van der Waals surface area contributed by atoms with Gasteiger partial charge in [-0.25, -0.2) is 13.2 Å². The van der Waals surface area contributed by atoms with E-state index in [2.05, 4.69) is 0 Å². The van der Waals surface area contributed by atoms with Crippen molar-refractivity contribution in [2.24, 2.45) is 0 Å². The number of benzene rings is 1. The molecule has 0 saturated carbocycles. The highest BCUT2D eigenvalue weighted by Gasteiger charge is 2.57. The van der Waals surface area contributed by atoms with E-state index in [1.807, 2.05) is 12.1 Å². The Hall–Kier alpha value is -1.68. The molecule has 3 aliphatic rings. The number of urea groups is 1. The number of fused-ring (bicyclic) bond motifs is 2. The van der Waals surface area contributed by atoms with E-state index in [1.165, 1.54) is 0 Å². The van der Waals surface area contributed by atoms with Crippen molar-refractivity contribution < 1.29 is 22.7 Å². The molecule has 4 rings (SSSR count). The van der Waals surface area contributed by atoms with Gasteiger partial charge in [0.05, 0.1) is 30.3 Å². The molecular weight excluding hydrogens is 370 g/mol. The summed E-state index contributed by atoms with van der Waals surface area (Å²) in [6, 6.07) is 7.11. The Kier molecular flexibility index (Phi) is 4.87. The lowest BCUT2D eigenvalue weighted by Crippen LogP contribution is -2.51. The standard InChI is InChI=1S/C18H25N3O5S/c1-25-11-10-21-18(15-4-2-3-5-16(15)27(21,23)24)6-7-20(14-18)17(22)19-8-12-26-13-9-19/h2-5H,6-14H2,1H3. The summed E-state index contributed by atoms with van der Waals surface area (Å²) in [5.41, 5.74) is 0.0778. The van der Waals surface area contributed by atoms with Gasteiger partial charge in [-0.15, -0.1) is 0 Å². The predicted molar refractivity (Wildman–Crippen MR) is 97.9 cm³/mol. The topological polar surface area (TPSA) is 79.4 Å². The Bertz CT molecular complexity index is 824. The van der Waals surface area contributed by atoms with Gasteiger partial charge in [0, 0.05) is 39.8 Å². The van der Waals surface area contributed by atoms with Crippen molar-refractivity contribution >= 4 is 16.1 Å². The van der Waals surface area contributed by atoms with Gasteiger partial charge >= 0.3 is 6.03 Å². The van der Waals surface area contributed by atoms with Crippen LogP contribution in [0.4, 0.5) is 4.79 Å². The van der Waals surface area contributed by atoms with Gasteiger partial charge in [0.25, 0.3) is 0 Å². The van der Waals surface area contributed by atoms with Crippen LogP contribution in [0.15, 0.2) is 29.2 Å². The number of nitrogens with zero attached hydrogens (tertiary/aromatic N) is 3. The lowest BCUT2D eigenvalue weighted by molar-refractivity contribution is 0.0437. The number of ether oxygens (including phenoxy) is 2. The van der Waals surface area contributed by atoms with Crippen LogP contribution in [0.3, 0.4) is 0 Å². The van der Waals surface area contributed by atoms with Crippen molar-refractivity contribution in [1.29, 1.82) is 0 Å². The van der Waals surface area contributed by atoms with E-state index in [4.69, 9.17) is 9.47 Å². The molecule has 2 saturated heterocycles. The summed E-state index contributed by atoms with van der Waals surface area (Å²) in [5, 5.41) is 0. The van der Waals surface area contributed by atoms with Gasteiger partial charge in [0.2, 0.25) is 10.0 Å². The van der Waals surface area contributed by atoms with Crippen molar-refractivity contribution in [2.45, 2.75) is 16.9 Å². The molecule has 0 bridgehead atoms. The Morgan fingerprint density at radius 1 is 1.19 bits per heavy atom. The smallest absolute Gasteiger partial charge is 0.320 e. The summed E-state index contributed by atoms with van der Waals surface area (Å²) >= 11 is 0. The van der Waals surface area contributed by atoms with Crippen molar-refractivity contribution in [3.8, 4) is 0 Å². The van der Waals surface area contributed by atoms with Crippen LogP contribution >= 0.6 is 0 Å². The fourth-order valence-electron chi connectivity index (χ4n) is 4.40. The molecule has 1 aromatic carbocycles. The average Bonchev–Trinajstić information content (AvgIpc) is 3.21. The second-order valence-corrected chi connectivity index (χ2v) is 8.98. The fourth-order valence-corrected chi connectivity index (χ4v) is 6.45. The number of sulfonamides is 1. The summed E-state index contributed by atoms with van der Waals surface area (Å²) < 4.78 is 38.4. The molecule has 1 spiro atoms. The quantitative estimate of drug-likeness (QED) is 0.752. The highest BCUT2D eigenvalue weighted by Crippen LogP contribution is 2.49. The SMILES string of the molecule is COCCN1C2(CCN(C(=O)N3CCOCC3)C2)c2ccccc2S1(=O)=O. The lowest BCUT2D eigenvalue weighted by Gasteiger charge is -2.35. The molecule has 0 aromatic heterocycles. The van der Waals surface area contributed by atoms with Crippen LogP contribution in [0.25, 0.3) is 0 Å². The number of methoxy groups -OCH3 is 1. The number of carbonyl (C=O) groups excluding carboxylic acids is 1.